The molecule has 2 fully saturated rings. The lowest BCUT2D eigenvalue weighted by Crippen LogP contribution is -2.55. The Morgan fingerprint density at radius 3 is 2.56 bits per heavy atom. The Kier molecular flexibility index (Phi) is 9.49. The summed E-state index contributed by atoms with van der Waals surface area (Å²) >= 11 is 6.42. The number of hydrogen-bond donors (Lipinski definition) is 3. The van der Waals surface area contributed by atoms with Crippen LogP contribution in [0.15, 0.2) is 91.1 Å². The van der Waals surface area contributed by atoms with E-state index in [1.54, 1.807) is 34.0 Å². The van der Waals surface area contributed by atoms with Gasteiger partial charge in [-0.15, -0.1) is 5.10 Å². The van der Waals surface area contributed by atoms with Crippen LogP contribution in [-0.2, 0) is 34.7 Å². The molecule has 0 unspecified atom stereocenters. The molecule has 11 nitrogen and oxygen atoms in total. The fraction of sp³-hybridized carbons (Fsp3) is 0.368. The summed E-state index contributed by atoms with van der Waals surface area (Å²) in [6.45, 7) is 4.59. The quantitative estimate of drug-likeness (QED) is 0.197. The Morgan fingerprint density at radius 2 is 1.78 bits per heavy atom. The molecule has 1 aromatic heterocycles. The molecule has 3 aromatic carbocycles. The number of aliphatic hydroxyl groups excluding tert-OH is 1. The van der Waals surface area contributed by atoms with E-state index in [0.717, 1.165) is 48.6 Å². The number of allylic oxidation sites excluding steroid dienone is 1. The Bertz CT molecular complexity index is 1890. The molecule has 12 heteroatoms. The van der Waals surface area contributed by atoms with E-state index in [1.807, 2.05) is 66.4 Å². The lowest BCUT2D eigenvalue weighted by molar-refractivity contribution is -0.139. The second-order valence-electron chi connectivity index (χ2n) is 13.4. The first-order valence-corrected chi connectivity index (χ1v) is 17.6. The van der Waals surface area contributed by atoms with E-state index in [9.17, 15) is 14.7 Å². The first-order valence-electron chi connectivity index (χ1n) is 17.2. The van der Waals surface area contributed by atoms with Crippen LogP contribution in [0.4, 0.5) is 17.1 Å². The van der Waals surface area contributed by atoms with E-state index in [2.05, 4.69) is 32.7 Å². The van der Waals surface area contributed by atoms with Crippen molar-refractivity contribution in [2.24, 2.45) is 5.92 Å². The normalized spacial score (nSPS) is 20.8. The van der Waals surface area contributed by atoms with Gasteiger partial charge in [0, 0.05) is 53.6 Å². The molecule has 0 radical (unpaired) electrons. The summed E-state index contributed by atoms with van der Waals surface area (Å²) < 4.78 is 1.71. The highest BCUT2D eigenvalue weighted by Gasteiger charge is 2.54. The van der Waals surface area contributed by atoms with E-state index >= 15 is 0 Å². The van der Waals surface area contributed by atoms with Gasteiger partial charge in [-0.05, 0) is 80.4 Å². The Morgan fingerprint density at radius 1 is 1.00 bits per heavy atom. The van der Waals surface area contributed by atoms with Crippen molar-refractivity contribution in [2.45, 2.75) is 56.8 Å². The number of nitrogens with zero attached hydrogens (tertiary/aromatic N) is 6. The van der Waals surface area contributed by atoms with Crippen molar-refractivity contribution in [3.05, 3.63) is 113 Å². The number of aromatic nitrogens is 3. The highest BCUT2D eigenvalue weighted by molar-refractivity contribution is 6.31. The SMILES string of the molecule is C[C@H](/C=C/CCn1cc(CCO)nn1)[C@@]1(O)C(=O)N(Cc2cccc(N3CN(c4ccccc4)C4(CCNCC4)C3=O)c2)c2ccc(Cl)cc21. The zero-order valence-electron chi connectivity index (χ0n) is 28.1. The molecule has 0 bridgehead atoms. The highest BCUT2D eigenvalue weighted by atomic mass is 35.5. The molecule has 3 aliphatic heterocycles. The number of rotatable bonds is 11. The molecule has 2 atom stereocenters. The number of fused-ring (bicyclic) bond motifs is 1. The smallest absolute Gasteiger partial charge is 0.264 e. The number of benzene rings is 3. The molecule has 50 heavy (non-hydrogen) atoms. The van der Waals surface area contributed by atoms with Crippen molar-refractivity contribution in [3.63, 3.8) is 0 Å². The van der Waals surface area contributed by atoms with Gasteiger partial charge in [-0.3, -0.25) is 19.2 Å². The molecule has 0 aliphatic carbocycles. The minimum absolute atomic E-state index is 0.0149. The molecule has 2 saturated heterocycles. The maximum absolute atomic E-state index is 14.3. The van der Waals surface area contributed by atoms with E-state index in [1.165, 1.54) is 0 Å². The maximum atomic E-state index is 14.3. The summed E-state index contributed by atoms with van der Waals surface area (Å²) in [5, 5.41) is 33.3. The summed E-state index contributed by atoms with van der Waals surface area (Å²) in [7, 11) is 0. The minimum Gasteiger partial charge on any atom is -0.396 e. The minimum atomic E-state index is -1.82. The highest BCUT2D eigenvalue weighted by Crippen LogP contribution is 2.47. The van der Waals surface area contributed by atoms with Crippen molar-refractivity contribution < 1.29 is 19.8 Å². The second kappa shape index (κ2) is 14.0. The van der Waals surface area contributed by atoms with Gasteiger partial charge in [0.2, 0.25) is 0 Å². The van der Waals surface area contributed by atoms with Gasteiger partial charge in [-0.25, -0.2) is 0 Å². The number of aliphatic hydroxyl groups is 2. The maximum Gasteiger partial charge on any atom is 0.264 e. The van der Waals surface area contributed by atoms with Gasteiger partial charge in [-0.1, -0.05) is 66.2 Å². The van der Waals surface area contributed by atoms with Crippen molar-refractivity contribution in [3.8, 4) is 0 Å². The van der Waals surface area contributed by atoms with Crippen LogP contribution in [0, 0.1) is 5.92 Å². The monoisotopic (exact) mass is 695 g/mol. The zero-order valence-corrected chi connectivity index (χ0v) is 28.8. The van der Waals surface area contributed by atoms with Crippen LogP contribution >= 0.6 is 11.6 Å². The predicted octanol–water partition coefficient (Wildman–Crippen LogP) is 4.42. The molecule has 3 aliphatic rings. The van der Waals surface area contributed by atoms with Crippen LogP contribution < -0.4 is 20.0 Å². The molecule has 7 rings (SSSR count). The molecule has 4 aromatic rings. The van der Waals surface area contributed by atoms with E-state index < -0.39 is 23.0 Å². The zero-order chi connectivity index (χ0) is 34.9. The number of anilines is 3. The van der Waals surface area contributed by atoms with Gasteiger partial charge in [-0.2, -0.15) is 0 Å². The standard InChI is InChI=1S/C38H42ClN7O4/c1-27(8-5-6-20-43-25-30(15-21-47)41-42-43)38(50)33-23-29(39)13-14-34(33)44(36(38)49)24-28-9-7-12-32(22-28)45-26-46(31-10-3-2-4-11-31)37(35(45)48)16-18-40-19-17-37/h2-5,7-14,22-23,25,27,40,47,50H,6,15-21,24,26H2,1H3/b8-5+/t27-,38+/m1/s1. The third kappa shape index (κ3) is 6.08. The number of aryl methyl sites for hydroxylation is 1. The second-order valence-corrected chi connectivity index (χ2v) is 13.8. The van der Waals surface area contributed by atoms with Gasteiger partial charge in [0.1, 0.15) is 5.54 Å². The number of amides is 2. The molecule has 0 saturated carbocycles. The van der Waals surface area contributed by atoms with E-state index in [-0.39, 0.29) is 19.1 Å². The molecular weight excluding hydrogens is 654 g/mol. The number of nitrogens with one attached hydrogen (secondary N) is 1. The molecule has 4 heterocycles. The predicted molar refractivity (Wildman–Crippen MR) is 193 cm³/mol. The molecule has 2 amide bonds. The number of para-hydroxylation sites is 1. The van der Waals surface area contributed by atoms with Crippen molar-refractivity contribution in [1.29, 1.82) is 0 Å². The van der Waals surface area contributed by atoms with Gasteiger partial charge in [0.25, 0.3) is 11.8 Å². The lowest BCUT2D eigenvalue weighted by atomic mass is 9.83. The van der Waals surface area contributed by atoms with Crippen LogP contribution in [0.5, 0.6) is 0 Å². The van der Waals surface area contributed by atoms with Crippen LogP contribution in [-0.4, -0.2) is 68.9 Å². The third-order valence-corrected chi connectivity index (χ3v) is 10.5. The van der Waals surface area contributed by atoms with Crippen LogP contribution in [0.25, 0.3) is 0 Å². The van der Waals surface area contributed by atoms with Crippen molar-refractivity contribution in [2.75, 3.05) is 41.1 Å². The first kappa shape index (κ1) is 33.9. The van der Waals surface area contributed by atoms with Crippen LogP contribution in [0.3, 0.4) is 0 Å². The molecule has 260 valence electrons. The summed E-state index contributed by atoms with van der Waals surface area (Å²) in [6.07, 6.45) is 8.09. The summed E-state index contributed by atoms with van der Waals surface area (Å²) in [5.41, 5.74) is 1.98. The Balaban J connectivity index is 1.11. The van der Waals surface area contributed by atoms with Crippen LogP contribution in [0.1, 0.15) is 43.0 Å². The number of halogens is 1. The van der Waals surface area contributed by atoms with Gasteiger partial charge < -0.3 is 25.3 Å². The topological polar surface area (TPSA) is 127 Å². The summed E-state index contributed by atoms with van der Waals surface area (Å²) in [5.74, 6) is -0.901. The summed E-state index contributed by atoms with van der Waals surface area (Å²) in [6, 6.07) is 23.1. The largest absolute Gasteiger partial charge is 0.396 e. The lowest BCUT2D eigenvalue weighted by Gasteiger charge is -2.39. The number of carbonyl (C=O) groups is 2. The van der Waals surface area contributed by atoms with Gasteiger partial charge >= 0.3 is 0 Å². The van der Waals surface area contributed by atoms with Gasteiger partial charge in [0.05, 0.1) is 24.6 Å². The fourth-order valence-electron chi connectivity index (χ4n) is 7.57. The first-order chi connectivity index (χ1) is 24.2. The summed E-state index contributed by atoms with van der Waals surface area (Å²) in [4.78, 5) is 34.2. The average Bonchev–Trinajstić information content (AvgIpc) is 3.76. The molecular formula is C38H42ClN7O4. The van der Waals surface area contributed by atoms with E-state index in [4.69, 9.17) is 16.7 Å². The fourth-order valence-corrected chi connectivity index (χ4v) is 7.74. The number of hydrogen-bond acceptors (Lipinski definition) is 8. The Labute approximate surface area is 296 Å². The number of piperidine rings is 1. The molecule has 1 spiro atoms. The van der Waals surface area contributed by atoms with Gasteiger partial charge in [0.15, 0.2) is 5.60 Å². The van der Waals surface area contributed by atoms with Crippen molar-refractivity contribution >= 4 is 40.5 Å². The molecule has 3 N–H and O–H groups in total. The third-order valence-electron chi connectivity index (χ3n) is 10.3. The Hall–Kier alpha value is -4.55. The average molecular weight is 696 g/mol. The van der Waals surface area contributed by atoms with E-state index in [0.29, 0.717) is 42.3 Å². The van der Waals surface area contributed by atoms with Crippen molar-refractivity contribution in [1.82, 2.24) is 20.3 Å². The van der Waals surface area contributed by atoms with Crippen LogP contribution in [0.2, 0.25) is 5.02 Å². The number of carbonyl (C=O) groups excluding carboxylic acids is 2.